The number of halogens is 1. The molecule has 136 valence electrons. The molecule has 26 heavy (non-hydrogen) atoms. The molecular weight excluding hydrogens is 396 g/mol. The van der Waals surface area contributed by atoms with Crippen molar-refractivity contribution in [2.24, 2.45) is 5.92 Å². The van der Waals surface area contributed by atoms with Crippen molar-refractivity contribution in [1.29, 1.82) is 0 Å². The molecule has 6 heteroatoms. The molecular formula is C20H21BrN2O3. The summed E-state index contributed by atoms with van der Waals surface area (Å²) in [5.41, 5.74) is 1.32. The lowest BCUT2D eigenvalue weighted by Crippen LogP contribution is -2.43. The van der Waals surface area contributed by atoms with Crippen LogP contribution in [0, 0.1) is 5.92 Å². The molecule has 1 N–H and O–H groups in total. The average molecular weight is 417 g/mol. The van der Waals surface area contributed by atoms with E-state index in [1.807, 2.05) is 30.3 Å². The monoisotopic (exact) mass is 416 g/mol. The Morgan fingerprint density at radius 3 is 2.69 bits per heavy atom. The van der Waals surface area contributed by atoms with Gasteiger partial charge >= 0.3 is 0 Å². The fourth-order valence-corrected chi connectivity index (χ4v) is 3.52. The molecule has 2 aromatic rings. The third kappa shape index (κ3) is 4.25. The molecule has 1 saturated heterocycles. The largest absolute Gasteiger partial charge is 0.497 e. The number of amides is 2. The first-order valence-corrected chi connectivity index (χ1v) is 9.36. The van der Waals surface area contributed by atoms with E-state index in [1.165, 1.54) is 0 Å². The van der Waals surface area contributed by atoms with Crippen molar-refractivity contribution >= 4 is 33.4 Å². The fraction of sp³-hybridized carbons (Fsp3) is 0.300. The maximum Gasteiger partial charge on any atom is 0.255 e. The van der Waals surface area contributed by atoms with Crippen molar-refractivity contribution < 1.29 is 14.3 Å². The van der Waals surface area contributed by atoms with Gasteiger partial charge in [0.25, 0.3) is 5.91 Å². The molecule has 0 saturated carbocycles. The van der Waals surface area contributed by atoms with E-state index < -0.39 is 0 Å². The standard InChI is InChI=1S/C20H21BrN2O3/c1-26-16-9-10-18(21)17(12-16)20(25)23-11-5-6-14(13-23)19(24)22-15-7-3-2-4-8-15/h2-4,7-10,12,14H,5-6,11,13H2,1H3,(H,22,24). The van der Waals surface area contributed by atoms with Gasteiger partial charge in [-0.1, -0.05) is 18.2 Å². The van der Waals surface area contributed by atoms with Crippen LogP contribution < -0.4 is 10.1 Å². The summed E-state index contributed by atoms with van der Waals surface area (Å²) in [6, 6.07) is 14.7. The van der Waals surface area contributed by atoms with E-state index in [4.69, 9.17) is 4.74 Å². The lowest BCUT2D eigenvalue weighted by molar-refractivity contribution is -0.121. The topological polar surface area (TPSA) is 58.6 Å². The number of benzene rings is 2. The molecule has 2 aromatic carbocycles. The van der Waals surface area contributed by atoms with E-state index in [2.05, 4.69) is 21.2 Å². The highest BCUT2D eigenvalue weighted by Crippen LogP contribution is 2.26. The Bertz CT molecular complexity index is 795. The highest BCUT2D eigenvalue weighted by Gasteiger charge is 2.29. The molecule has 3 rings (SSSR count). The van der Waals surface area contributed by atoms with Crippen LogP contribution in [0.2, 0.25) is 0 Å². The first-order valence-electron chi connectivity index (χ1n) is 8.57. The second kappa shape index (κ2) is 8.36. The molecule has 1 atom stereocenters. The van der Waals surface area contributed by atoms with Crippen molar-refractivity contribution in [2.45, 2.75) is 12.8 Å². The van der Waals surface area contributed by atoms with Crippen molar-refractivity contribution in [2.75, 3.05) is 25.5 Å². The number of carbonyl (C=O) groups excluding carboxylic acids is 2. The number of hydrogen-bond donors (Lipinski definition) is 1. The second-order valence-electron chi connectivity index (χ2n) is 6.29. The van der Waals surface area contributed by atoms with Gasteiger partial charge in [0.05, 0.1) is 18.6 Å². The van der Waals surface area contributed by atoms with Crippen molar-refractivity contribution in [3.63, 3.8) is 0 Å². The summed E-state index contributed by atoms with van der Waals surface area (Å²) >= 11 is 3.43. The minimum absolute atomic E-state index is 0.0431. The Balaban J connectivity index is 1.70. The second-order valence-corrected chi connectivity index (χ2v) is 7.15. The van der Waals surface area contributed by atoms with Gasteiger partial charge in [0, 0.05) is 23.2 Å². The SMILES string of the molecule is COc1ccc(Br)c(C(=O)N2CCCC(C(=O)Nc3ccccc3)C2)c1. The quantitative estimate of drug-likeness (QED) is 0.820. The molecule has 1 fully saturated rings. The van der Waals surface area contributed by atoms with Crippen molar-refractivity contribution in [3.05, 3.63) is 58.6 Å². The van der Waals surface area contributed by atoms with E-state index in [0.29, 0.717) is 24.4 Å². The van der Waals surface area contributed by atoms with Gasteiger partial charge in [0.1, 0.15) is 5.75 Å². The predicted octanol–water partition coefficient (Wildman–Crippen LogP) is 3.95. The molecule has 0 bridgehead atoms. The van der Waals surface area contributed by atoms with Crippen LogP contribution >= 0.6 is 15.9 Å². The van der Waals surface area contributed by atoms with Gasteiger partial charge in [-0.05, 0) is 59.1 Å². The van der Waals surface area contributed by atoms with Crippen LogP contribution in [0.15, 0.2) is 53.0 Å². The zero-order chi connectivity index (χ0) is 18.5. The van der Waals surface area contributed by atoms with E-state index in [9.17, 15) is 9.59 Å². The minimum Gasteiger partial charge on any atom is -0.497 e. The van der Waals surface area contributed by atoms with Crippen molar-refractivity contribution in [1.82, 2.24) is 4.90 Å². The fourth-order valence-electron chi connectivity index (χ4n) is 3.11. The number of likely N-dealkylation sites (tertiary alicyclic amines) is 1. The smallest absolute Gasteiger partial charge is 0.255 e. The van der Waals surface area contributed by atoms with E-state index in [1.54, 1.807) is 30.2 Å². The molecule has 1 aliphatic heterocycles. The summed E-state index contributed by atoms with van der Waals surface area (Å²) in [7, 11) is 1.57. The molecule has 1 aliphatic rings. The Kier molecular flexibility index (Phi) is 5.93. The van der Waals surface area contributed by atoms with Crippen molar-refractivity contribution in [3.8, 4) is 5.75 Å². The number of methoxy groups -OCH3 is 1. The minimum atomic E-state index is -0.211. The summed E-state index contributed by atoms with van der Waals surface area (Å²) in [6.45, 7) is 1.07. The first kappa shape index (κ1) is 18.5. The molecule has 5 nitrogen and oxygen atoms in total. The number of carbonyl (C=O) groups is 2. The highest BCUT2D eigenvalue weighted by atomic mass is 79.9. The number of nitrogens with one attached hydrogen (secondary N) is 1. The Morgan fingerprint density at radius 1 is 1.19 bits per heavy atom. The third-order valence-corrected chi connectivity index (χ3v) is 5.22. The Hall–Kier alpha value is -2.34. The van der Waals surface area contributed by atoms with Gasteiger partial charge in [-0.2, -0.15) is 0 Å². The van der Waals surface area contributed by atoms with Crippen LogP contribution in [0.4, 0.5) is 5.69 Å². The summed E-state index contributed by atoms with van der Waals surface area (Å²) in [6.07, 6.45) is 1.59. The van der Waals surface area contributed by atoms with Crippen LogP contribution in [0.3, 0.4) is 0 Å². The maximum atomic E-state index is 12.9. The van der Waals surface area contributed by atoms with Crippen LogP contribution in [-0.4, -0.2) is 36.9 Å². The highest BCUT2D eigenvalue weighted by molar-refractivity contribution is 9.10. The third-order valence-electron chi connectivity index (χ3n) is 4.52. The van der Waals surface area contributed by atoms with Gasteiger partial charge in [-0.15, -0.1) is 0 Å². The summed E-state index contributed by atoms with van der Waals surface area (Å²) < 4.78 is 5.94. The number of ether oxygens (including phenoxy) is 1. The number of anilines is 1. The van der Waals surface area contributed by atoms with Crippen LogP contribution in [0.1, 0.15) is 23.2 Å². The van der Waals surface area contributed by atoms with Gasteiger partial charge in [-0.25, -0.2) is 0 Å². The molecule has 2 amide bonds. The summed E-state index contributed by atoms with van der Waals surface area (Å²) in [5, 5.41) is 2.93. The molecule has 0 radical (unpaired) electrons. The average Bonchev–Trinajstić information content (AvgIpc) is 2.68. The van der Waals surface area contributed by atoms with Gasteiger partial charge < -0.3 is 15.0 Å². The van der Waals surface area contributed by atoms with Gasteiger partial charge in [-0.3, -0.25) is 9.59 Å². The number of hydrogen-bond acceptors (Lipinski definition) is 3. The lowest BCUT2D eigenvalue weighted by atomic mass is 9.96. The zero-order valence-electron chi connectivity index (χ0n) is 14.6. The van der Waals surface area contributed by atoms with Gasteiger partial charge in [0.15, 0.2) is 0 Å². The molecule has 0 aromatic heterocycles. The van der Waals surface area contributed by atoms with E-state index >= 15 is 0 Å². The zero-order valence-corrected chi connectivity index (χ0v) is 16.2. The predicted molar refractivity (Wildman–Crippen MR) is 104 cm³/mol. The maximum absolute atomic E-state index is 12.9. The molecule has 0 spiro atoms. The summed E-state index contributed by atoms with van der Waals surface area (Å²) in [4.78, 5) is 27.2. The number of piperidine rings is 1. The van der Waals surface area contributed by atoms with E-state index in [-0.39, 0.29) is 17.7 Å². The molecule has 0 aliphatic carbocycles. The Morgan fingerprint density at radius 2 is 1.96 bits per heavy atom. The Labute approximate surface area is 161 Å². The van der Waals surface area contributed by atoms with Crippen LogP contribution in [0.5, 0.6) is 5.75 Å². The number of nitrogens with zero attached hydrogens (tertiary/aromatic N) is 1. The van der Waals surface area contributed by atoms with Crippen LogP contribution in [-0.2, 0) is 4.79 Å². The van der Waals surface area contributed by atoms with Gasteiger partial charge in [0.2, 0.25) is 5.91 Å². The molecule has 1 unspecified atom stereocenters. The number of rotatable bonds is 4. The number of para-hydroxylation sites is 1. The van der Waals surface area contributed by atoms with E-state index in [0.717, 1.165) is 23.0 Å². The summed E-state index contributed by atoms with van der Waals surface area (Å²) in [5.74, 6) is 0.288. The lowest BCUT2D eigenvalue weighted by Gasteiger charge is -2.32. The normalized spacial score (nSPS) is 16.8. The first-order chi connectivity index (χ1) is 12.6. The van der Waals surface area contributed by atoms with Crippen LogP contribution in [0.25, 0.3) is 0 Å². The molecule has 1 heterocycles.